The maximum absolute atomic E-state index is 12.9. The molecule has 6 N–H and O–H groups in total. The molecule has 12 nitrogen and oxygen atoms in total. The summed E-state index contributed by atoms with van der Waals surface area (Å²) < 4.78 is 0. The van der Waals surface area contributed by atoms with Gasteiger partial charge < -0.3 is 31.0 Å². The van der Waals surface area contributed by atoms with Crippen molar-refractivity contribution in [1.29, 1.82) is 0 Å². The van der Waals surface area contributed by atoms with E-state index in [0.717, 1.165) is 0 Å². The van der Waals surface area contributed by atoms with Gasteiger partial charge in [0.15, 0.2) is 11.4 Å². The number of H-pyrrole nitrogens is 2. The number of fused-ring (bicyclic) bond motifs is 2. The highest BCUT2D eigenvalue weighted by Gasteiger charge is 2.25. The minimum absolute atomic E-state index is 0.0201. The van der Waals surface area contributed by atoms with Crippen LogP contribution in [0.2, 0.25) is 10.0 Å². The van der Waals surface area contributed by atoms with Gasteiger partial charge in [0.25, 0.3) is 11.1 Å². The van der Waals surface area contributed by atoms with Crippen LogP contribution in [0.5, 0.6) is 0 Å². The maximum atomic E-state index is 12.9. The monoisotopic (exact) mass is 606 g/mol. The summed E-state index contributed by atoms with van der Waals surface area (Å²) in [6.45, 7) is 0. The van der Waals surface area contributed by atoms with Crippen LogP contribution in [0.3, 0.4) is 0 Å². The van der Waals surface area contributed by atoms with Gasteiger partial charge in [0.05, 0.1) is 22.1 Å². The van der Waals surface area contributed by atoms with Crippen LogP contribution in [0, 0.1) is 0 Å². The van der Waals surface area contributed by atoms with Crippen LogP contribution in [-0.4, -0.2) is 55.7 Å². The largest absolute Gasteiger partial charge is 0.382 e. The zero-order valence-electron chi connectivity index (χ0n) is 22.2. The normalized spacial score (nSPS) is 13.8. The molecule has 2 unspecified atom stereocenters. The van der Waals surface area contributed by atoms with Crippen molar-refractivity contribution >= 4 is 56.7 Å². The third kappa shape index (κ3) is 5.74. The van der Waals surface area contributed by atoms with Gasteiger partial charge in [-0.3, -0.25) is 9.59 Å². The highest BCUT2D eigenvalue weighted by molar-refractivity contribution is 6.31. The molecule has 0 fully saturated rings. The number of benzene rings is 3. The van der Waals surface area contributed by atoms with Gasteiger partial charge in [-0.2, -0.15) is 10.2 Å². The lowest BCUT2D eigenvalue weighted by Gasteiger charge is -2.17. The summed E-state index contributed by atoms with van der Waals surface area (Å²) in [5.74, 6) is 0. The van der Waals surface area contributed by atoms with E-state index in [1.807, 2.05) is 0 Å². The van der Waals surface area contributed by atoms with Crippen molar-refractivity contribution in [2.75, 3.05) is 14.1 Å². The number of aliphatic hydroxyl groups is 2. The smallest absolute Gasteiger partial charge is 0.276 e. The molecule has 0 amide bonds. The number of nitrogens with one attached hydrogen (secondary N) is 4. The Morgan fingerprint density at radius 3 is 1.45 bits per heavy atom. The first kappa shape index (κ1) is 28.9. The first-order valence-corrected chi connectivity index (χ1v) is 13.3. The van der Waals surface area contributed by atoms with Crippen LogP contribution in [0.4, 0.5) is 0 Å². The highest BCUT2D eigenvalue weighted by atomic mass is 35.5. The molecule has 14 heteroatoms. The van der Waals surface area contributed by atoms with Gasteiger partial charge in [-0.1, -0.05) is 47.5 Å². The molecule has 0 aliphatic rings. The van der Waals surface area contributed by atoms with Gasteiger partial charge in [0.2, 0.25) is 0 Å². The Hall–Kier alpha value is -4.62. The van der Waals surface area contributed by atoms with Gasteiger partial charge in [-0.25, -0.2) is 9.97 Å². The molecular weight excluding hydrogens is 583 g/mol. The fourth-order valence-electron chi connectivity index (χ4n) is 4.37. The molecule has 0 saturated carbocycles. The van der Waals surface area contributed by atoms with E-state index in [-0.39, 0.29) is 22.8 Å². The van der Waals surface area contributed by atoms with E-state index in [9.17, 15) is 19.8 Å². The third-order valence-corrected chi connectivity index (χ3v) is 6.81. The standard InChI is InChI=1S/C28H24Cl2N8O4/c1-31-37-21(23-27(41)35-19-11-15(29)7-9-17(19)33-23)25(39)13-3-5-14(6-4-13)26(40)22(38-32-2)24-28(42)36-20-12-16(30)8-10-18(20)34-24/h3-12,25-26,31-32,39-40H,1-2H3,(H,35,41)(H,36,42). The number of hydrogen-bond donors (Lipinski definition) is 6. The number of aromatic amines is 2. The van der Waals surface area contributed by atoms with Crippen LogP contribution < -0.4 is 22.0 Å². The van der Waals surface area contributed by atoms with Crippen LogP contribution >= 0.6 is 23.2 Å². The number of aromatic nitrogens is 4. The van der Waals surface area contributed by atoms with Crippen molar-refractivity contribution in [2.24, 2.45) is 10.2 Å². The molecular formula is C28H24Cl2N8O4. The summed E-state index contributed by atoms with van der Waals surface area (Å²) in [5, 5.41) is 31.6. The molecule has 2 atom stereocenters. The summed E-state index contributed by atoms with van der Waals surface area (Å²) in [7, 11) is 3.06. The Morgan fingerprint density at radius 1 is 0.714 bits per heavy atom. The maximum Gasteiger partial charge on any atom is 0.276 e. The predicted molar refractivity (Wildman–Crippen MR) is 162 cm³/mol. The van der Waals surface area contributed by atoms with E-state index >= 15 is 0 Å². The van der Waals surface area contributed by atoms with E-state index in [4.69, 9.17) is 23.2 Å². The molecule has 0 radical (unpaired) electrons. The second-order valence-corrected chi connectivity index (χ2v) is 9.94. The van der Waals surface area contributed by atoms with Gasteiger partial charge in [0, 0.05) is 24.1 Å². The fraction of sp³-hybridized carbons (Fsp3) is 0.143. The first-order chi connectivity index (χ1) is 20.2. The third-order valence-electron chi connectivity index (χ3n) is 6.34. The molecule has 2 aromatic heterocycles. The van der Waals surface area contributed by atoms with E-state index in [0.29, 0.717) is 43.2 Å². The number of halogens is 2. The zero-order chi connectivity index (χ0) is 30.0. The molecule has 214 valence electrons. The van der Waals surface area contributed by atoms with E-state index in [1.165, 1.54) is 14.1 Å². The van der Waals surface area contributed by atoms with Crippen molar-refractivity contribution in [3.8, 4) is 0 Å². The lowest BCUT2D eigenvalue weighted by Crippen LogP contribution is -2.28. The van der Waals surface area contributed by atoms with Crippen LogP contribution in [0.25, 0.3) is 22.1 Å². The average Bonchev–Trinajstić information content (AvgIpc) is 2.97. The summed E-state index contributed by atoms with van der Waals surface area (Å²) in [6, 6.07) is 15.9. The Kier molecular flexibility index (Phi) is 8.31. The second kappa shape index (κ2) is 12.1. The van der Waals surface area contributed by atoms with E-state index in [2.05, 4.69) is 41.0 Å². The summed E-state index contributed by atoms with van der Waals surface area (Å²) in [5.41, 5.74) is 6.41. The molecule has 5 rings (SSSR count). The minimum Gasteiger partial charge on any atom is -0.382 e. The molecule has 5 aromatic rings. The van der Waals surface area contributed by atoms with Crippen LogP contribution in [-0.2, 0) is 0 Å². The van der Waals surface area contributed by atoms with Gasteiger partial charge >= 0.3 is 0 Å². The second-order valence-electron chi connectivity index (χ2n) is 9.07. The Morgan fingerprint density at radius 2 is 1.10 bits per heavy atom. The summed E-state index contributed by atoms with van der Waals surface area (Å²) in [6.07, 6.45) is -2.71. The number of nitrogens with zero attached hydrogens (tertiary/aromatic N) is 4. The average molecular weight is 607 g/mol. The van der Waals surface area contributed by atoms with Gasteiger partial charge in [0.1, 0.15) is 23.6 Å². The predicted octanol–water partition coefficient (Wildman–Crippen LogP) is 2.78. The van der Waals surface area contributed by atoms with Crippen molar-refractivity contribution < 1.29 is 10.2 Å². The fourth-order valence-corrected chi connectivity index (χ4v) is 4.71. The minimum atomic E-state index is -1.36. The van der Waals surface area contributed by atoms with Crippen LogP contribution in [0.15, 0.2) is 80.5 Å². The van der Waals surface area contributed by atoms with Gasteiger partial charge in [-0.05, 0) is 47.5 Å². The van der Waals surface area contributed by atoms with Crippen molar-refractivity contribution in [1.82, 2.24) is 30.8 Å². The molecule has 0 spiro atoms. The molecule has 3 aromatic carbocycles. The van der Waals surface area contributed by atoms with Crippen LogP contribution in [0.1, 0.15) is 34.7 Å². The number of aliphatic hydroxyl groups excluding tert-OH is 2. The van der Waals surface area contributed by atoms with E-state index in [1.54, 1.807) is 60.7 Å². The number of hydrogen-bond acceptors (Lipinski definition) is 10. The molecule has 2 heterocycles. The molecule has 0 saturated heterocycles. The van der Waals surface area contributed by atoms with Crippen molar-refractivity contribution in [2.45, 2.75) is 12.2 Å². The molecule has 0 bridgehead atoms. The highest BCUT2D eigenvalue weighted by Crippen LogP contribution is 2.24. The summed E-state index contributed by atoms with van der Waals surface area (Å²) >= 11 is 12.0. The Bertz CT molecular complexity index is 1830. The first-order valence-electron chi connectivity index (χ1n) is 12.5. The SMILES string of the molecule is CNN=C(c1nc2ccc(Cl)cc2[nH]c1=O)C(O)c1ccc(C(O)C(=NNC)c2nc3ccc(Cl)cc3[nH]c2=O)cc1. The van der Waals surface area contributed by atoms with Crippen molar-refractivity contribution in [3.63, 3.8) is 0 Å². The lowest BCUT2D eigenvalue weighted by atomic mass is 9.97. The van der Waals surface area contributed by atoms with Crippen molar-refractivity contribution in [3.05, 3.63) is 114 Å². The Labute approximate surface area is 247 Å². The molecule has 42 heavy (non-hydrogen) atoms. The zero-order valence-corrected chi connectivity index (χ0v) is 23.7. The number of rotatable bonds is 8. The lowest BCUT2D eigenvalue weighted by molar-refractivity contribution is 0.243. The Balaban J connectivity index is 1.47. The van der Waals surface area contributed by atoms with Gasteiger partial charge in [-0.15, -0.1) is 0 Å². The quantitative estimate of drug-likeness (QED) is 0.115. The van der Waals surface area contributed by atoms with E-state index < -0.39 is 23.3 Å². The number of hydrazone groups is 2. The topological polar surface area (TPSA) is 181 Å². The molecule has 0 aliphatic carbocycles. The summed E-state index contributed by atoms with van der Waals surface area (Å²) in [4.78, 5) is 39.9. The molecule has 0 aliphatic heterocycles.